The van der Waals surface area contributed by atoms with Crippen molar-refractivity contribution in [2.75, 3.05) is 0 Å². The molecule has 7 nitrogen and oxygen atoms in total. The van der Waals surface area contributed by atoms with Crippen LogP contribution in [0.1, 0.15) is 12.5 Å². The Labute approximate surface area is 130 Å². The van der Waals surface area contributed by atoms with Crippen LogP contribution in [-0.4, -0.2) is 26.7 Å². The Hall–Kier alpha value is -2.06. The number of nitrogens with one attached hydrogen (secondary N) is 1. The van der Waals surface area contributed by atoms with E-state index < -0.39 is 6.09 Å². The summed E-state index contributed by atoms with van der Waals surface area (Å²) in [5, 5.41) is 8.14. The number of hydrogen-bond donors (Lipinski definition) is 1. The third-order valence-electron chi connectivity index (χ3n) is 2.39. The number of halogens is 1. The minimum Gasteiger partial charge on any atom is -0.296 e. The first-order valence-corrected chi connectivity index (χ1v) is 7.05. The molecule has 0 radical (unpaired) electrons. The van der Waals surface area contributed by atoms with Gasteiger partial charge in [0.05, 0.1) is 0 Å². The lowest BCUT2D eigenvalue weighted by atomic mass is 10.2. The lowest BCUT2D eigenvalue weighted by Crippen LogP contribution is -2.17. The van der Waals surface area contributed by atoms with Crippen LogP contribution in [0, 0.1) is 6.92 Å². The molecule has 0 saturated heterocycles. The molecule has 0 aliphatic heterocycles. The van der Waals surface area contributed by atoms with Crippen molar-refractivity contribution < 1.29 is 9.63 Å². The first-order chi connectivity index (χ1) is 10.1. The molecule has 1 aromatic heterocycles. The number of hydrogen-bond acceptors (Lipinski definition) is 6. The summed E-state index contributed by atoms with van der Waals surface area (Å²) in [5.74, 6) is 0.385. The van der Waals surface area contributed by atoms with Crippen LogP contribution in [0.2, 0.25) is 5.02 Å². The van der Waals surface area contributed by atoms with E-state index in [2.05, 4.69) is 20.0 Å². The Morgan fingerprint density at radius 2 is 2.33 bits per heavy atom. The molecule has 1 aromatic carbocycles. The van der Waals surface area contributed by atoms with Crippen molar-refractivity contribution in [2.24, 2.45) is 5.16 Å². The lowest BCUT2D eigenvalue weighted by molar-refractivity contribution is 0.157. The van der Waals surface area contributed by atoms with Gasteiger partial charge in [-0.3, -0.25) is 9.56 Å². The van der Waals surface area contributed by atoms with Gasteiger partial charge in [-0.1, -0.05) is 16.8 Å². The Kier molecular flexibility index (Phi) is 5.18. The number of amides is 1. The van der Waals surface area contributed by atoms with Crippen molar-refractivity contribution in [3.63, 3.8) is 0 Å². The zero-order valence-electron chi connectivity index (χ0n) is 11.3. The van der Waals surface area contributed by atoms with Crippen LogP contribution in [0.15, 0.2) is 40.9 Å². The average Bonchev–Trinajstić information content (AvgIpc) is 2.98. The molecule has 0 fully saturated rings. The van der Waals surface area contributed by atoms with Crippen LogP contribution in [-0.2, 0) is 4.84 Å². The van der Waals surface area contributed by atoms with Gasteiger partial charge in [0.2, 0.25) is 0 Å². The van der Waals surface area contributed by atoms with Crippen LogP contribution in [0.4, 0.5) is 4.79 Å². The highest BCUT2D eigenvalue weighted by Gasteiger charge is 2.06. The Balaban J connectivity index is 1.86. The van der Waals surface area contributed by atoms with Gasteiger partial charge in [0, 0.05) is 9.92 Å². The third-order valence-corrected chi connectivity index (χ3v) is 3.57. The van der Waals surface area contributed by atoms with E-state index in [-0.39, 0.29) is 0 Å². The average molecular weight is 326 g/mol. The molecule has 0 unspecified atom stereocenters. The summed E-state index contributed by atoms with van der Waals surface area (Å²) in [6.45, 7) is 3.53. The number of oxime groups is 1. The van der Waals surface area contributed by atoms with E-state index >= 15 is 0 Å². The summed E-state index contributed by atoms with van der Waals surface area (Å²) >= 11 is 6.99. The van der Waals surface area contributed by atoms with E-state index in [9.17, 15) is 4.79 Å². The van der Waals surface area contributed by atoms with E-state index in [0.717, 1.165) is 22.4 Å². The van der Waals surface area contributed by atoms with E-state index in [0.29, 0.717) is 10.9 Å². The fraction of sp³-hybridized carbons (Fsp3) is 0.167. The van der Waals surface area contributed by atoms with E-state index in [1.165, 1.54) is 17.3 Å². The lowest BCUT2D eigenvalue weighted by Gasteiger charge is -2.06. The maximum Gasteiger partial charge on any atom is 0.443 e. The van der Waals surface area contributed by atoms with Crippen LogP contribution in [0.3, 0.4) is 0 Å². The van der Waals surface area contributed by atoms with Crippen LogP contribution in [0.5, 0.6) is 0 Å². The molecule has 0 spiro atoms. The van der Waals surface area contributed by atoms with Gasteiger partial charge in [-0.2, -0.15) is 5.10 Å². The Morgan fingerprint density at radius 3 is 3.00 bits per heavy atom. The summed E-state index contributed by atoms with van der Waals surface area (Å²) in [6.07, 6.45) is 2.12. The predicted molar refractivity (Wildman–Crippen MR) is 80.2 cm³/mol. The van der Waals surface area contributed by atoms with Gasteiger partial charge >= 0.3 is 6.09 Å². The molecule has 1 amide bonds. The highest BCUT2D eigenvalue weighted by molar-refractivity contribution is 7.98. The fourth-order valence-electron chi connectivity index (χ4n) is 1.37. The minimum absolute atomic E-state index is 0.385. The molecule has 0 aliphatic carbocycles. The van der Waals surface area contributed by atoms with Crippen molar-refractivity contribution in [1.82, 2.24) is 19.5 Å². The van der Waals surface area contributed by atoms with Gasteiger partial charge in [0.1, 0.15) is 12.7 Å². The van der Waals surface area contributed by atoms with Crippen LogP contribution >= 0.6 is 23.5 Å². The van der Waals surface area contributed by atoms with Crippen molar-refractivity contribution in [1.29, 1.82) is 0 Å². The number of carbonyl (C=O) groups is 1. The van der Waals surface area contributed by atoms with Gasteiger partial charge in [-0.15, -0.1) is 0 Å². The van der Waals surface area contributed by atoms with Crippen LogP contribution in [0.25, 0.3) is 0 Å². The first kappa shape index (κ1) is 15.3. The van der Waals surface area contributed by atoms with Gasteiger partial charge in [-0.25, -0.2) is 14.5 Å². The minimum atomic E-state index is -0.686. The van der Waals surface area contributed by atoms with Gasteiger partial charge < -0.3 is 0 Å². The second-order valence-corrected chi connectivity index (χ2v) is 5.26. The molecular formula is C12H12ClN5O2S. The maximum atomic E-state index is 11.5. The number of aryl methyl sites for hydroxylation is 1. The molecule has 2 aromatic rings. The van der Waals surface area contributed by atoms with Crippen molar-refractivity contribution in [3.8, 4) is 0 Å². The highest BCUT2D eigenvalue weighted by Crippen LogP contribution is 2.22. The predicted octanol–water partition coefficient (Wildman–Crippen LogP) is 2.85. The second kappa shape index (κ2) is 7.09. The third kappa shape index (κ3) is 4.47. The van der Waals surface area contributed by atoms with E-state index in [1.807, 2.05) is 19.1 Å². The molecule has 0 saturated carbocycles. The summed E-state index contributed by atoms with van der Waals surface area (Å²) in [4.78, 5) is 20.9. The maximum absolute atomic E-state index is 11.5. The molecule has 9 heteroatoms. The quantitative estimate of drug-likeness (QED) is 0.308. The number of aromatic nitrogens is 3. The number of benzene rings is 1. The highest BCUT2D eigenvalue weighted by atomic mass is 35.5. The topological polar surface area (TPSA) is 81.4 Å². The normalized spacial score (nSPS) is 11.3. The molecule has 0 atom stereocenters. The first-order valence-electron chi connectivity index (χ1n) is 5.86. The van der Waals surface area contributed by atoms with Crippen molar-refractivity contribution in [2.45, 2.75) is 18.7 Å². The molecule has 0 aliphatic rings. The molecule has 21 heavy (non-hydrogen) atoms. The summed E-state index contributed by atoms with van der Waals surface area (Å²) in [5.41, 5.74) is 0.954. The Morgan fingerprint density at radius 1 is 1.52 bits per heavy atom. The standard InChI is InChI=1S/C12H12ClN5O2S/c1-8-5-10(13)3-4-11(8)21-17-12(19)20-16-9(2)18-7-14-6-15-18/h3-7H,1-2H3,(H,17,19)/b16-9+. The molecule has 2 rings (SSSR count). The number of nitrogens with zero attached hydrogens (tertiary/aromatic N) is 4. The Bertz CT molecular complexity index is 660. The number of rotatable bonds is 3. The molecule has 1 heterocycles. The van der Waals surface area contributed by atoms with Crippen LogP contribution < -0.4 is 4.72 Å². The smallest absolute Gasteiger partial charge is 0.296 e. The molecular weight excluding hydrogens is 314 g/mol. The SMILES string of the molecule is C/C(=N\OC(=O)NSc1ccc(Cl)cc1C)n1cncn1. The summed E-state index contributed by atoms with van der Waals surface area (Å²) in [7, 11) is 0. The van der Waals surface area contributed by atoms with E-state index in [1.54, 1.807) is 13.0 Å². The van der Waals surface area contributed by atoms with Gasteiger partial charge in [0.25, 0.3) is 0 Å². The zero-order valence-corrected chi connectivity index (χ0v) is 12.9. The van der Waals surface area contributed by atoms with Gasteiger partial charge in [-0.05, 0) is 49.6 Å². The molecule has 110 valence electrons. The number of carbonyl (C=O) groups excluding carboxylic acids is 1. The summed E-state index contributed by atoms with van der Waals surface area (Å²) < 4.78 is 3.90. The van der Waals surface area contributed by atoms with Crippen molar-refractivity contribution in [3.05, 3.63) is 41.4 Å². The second-order valence-electron chi connectivity index (χ2n) is 3.97. The van der Waals surface area contributed by atoms with Crippen molar-refractivity contribution >= 4 is 35.5 Å². The zero-order chi connectivity index (χ0) is 15.2. The molecule has 1 N–H and O–H groups in total. The van der Waals surface area contributed by atoms with E-state index in [4.69, 9.17) is 16.4 Å². The fourth-order valence-corrected chi connectivity index (χ4v) is 2.18. The monoisotopic (exact) mass is 325 g/mol. The summed E-state index contributed by atoms with van der Waals surface area (Å²) in [6, 6.07) is 5.37. The molecule has 0 bridgehead atoms. The largest absolute Gasteiger partial charge is 0.443 e. The van der Waals surface area contributed by atoms with Gasteiger partial charge in [0.15, 0.2) is 5.84 Å².